The molecule has 0 bridgehead atoms. The van der Waals surface area contributed by atoms with Crippen molar-refractivity contribution in [2.75, 3.05) is 32.7 Å². The molecule has 0 unspecified atom stereocenters. The lowest BCUT2D eigenvalue weighted by molar-refractivity contribution is -0.225. The first-order valence-corrected chi connectivity index (χ1v) is 26.2. The molecule has 0 saturated carbocycles. The molecule has 2 aliphatic rings. The molecule has 2 aliphatic heterocycles. The lowest BCUT2D eigenvalue weighted by Gasteiger charge is -2.57. The van der Waals surface area contributed by atoms with Gasteiger partial charge in [-0.3, -0.25) is 24.0 Å². The number of amides is 8. The number of hydrogen-bond donors (Lipinski definition) is 6. The third-order valence-electron chi connectivity index (χ3n) is 12.5. The van der Waals surface area contributed by atoms with Gasteiger partial charge in [-0.1, -0.05) is 74.5 Å². The van der Waals surface area contributed by atoms with E-state index in [0.717, 1.165) is 10.5 Å². The normalized spacial score (nSPS) is 17.1. The molecule has 5 atom stereocenters. The molecule has 8 amide bonds. The van der Waals surface area contributed by atoms with Crippen LogP contribution in [0.15, 0.2) is 60.7 Å². The van der Waals surface area contributed by atoms with Crippen molar-refractivity contribution in [1.82, 2.24) is 41.7 Å². The van der Waals surface area contributed by atoms with Crippen molar-refractivity contribution in [1.29, 1.82) is 0 Å². The van der Waals surface area contributed by atoms with Crippen molar-refractivity contribution in [2.45, 2.75) is 181 Å². The number of nitrogens with zero attached hydrogens (tertiary/aromatic N) is 2. The summed E-state index contributed by atoms with van der Waals surface area (Å²) in [4.78, 5) is 111. The highest BCUT2D eigenvalue weighted by Crippen LogP contribution is 2.50. The number of ether oxygens (including phenoxy) is 3. The fourth-order valence-electron chi connectivity index (χ4n) is 8.80. The average molecular weight is 1070 g/mol. The van der Waals surface area contributed by atoms with E-state index in [4.69, 9.17) is 14.2 Å². The zero-order valence-electron chi connectivity index (χ0n) is 46.4. The summed E-state index contributed by atoms with van der Waals surface area (Å²) >= 11 is 0. The molecule has 6 N–H and O–H groups in total. The van der Waals surface area contributed by atoms with Crippen LogP contribution in [0.1, 0.15) is 126 Å². The van der Waals surface area contributed by atoms with Crippen molar-refractivity contribution < 1.29 is 61.3 Å². The monoisotopic (exact) mass is 1070 g/mol. The molecule has 19 nitrogen and oxygen atoms in total. The van der Waals surface area contributed by atoms with Gasteiger partial charge in [0, 0.05) is 39.0 Å². The number of carbonyl (C=O) groups excluding carboxylic acids is 8. The number of carbonyl (C=O) groups is 8. The molecular formula is C55H82F2N8O11. The van der Waals surface area contributed by atoms with Crippen LogP contribution < -0.4 is 31.9 Å². The van der Waals surface area contributed by atoms with Crippen LogP contribution in [0.2, 0.25) is 0 Å². The maximum absolute atomic E-state index is 16.2. The van der Waals surface area contributed by atoms with E-state index in [1.165, 1.54) is 11.8 Å². The Balaban J connectivity index is 1.55. The standard InChI is InChI=1S/C55H82F2N8O11/c1-35(2)29-40(61-44(67)41(30-37-21-15-13-16-22-37)62-45(68)42(31-38-23-17-14-18-24-38)63-50(73)76-53(10,11)12)43(66)60-39(25-19-20-27-58-48(71)74-51(4,5)6)47(70)65-32-54(33-65)26-28-64(34-55(54,56)57)46(69)36(3)59-49(72)75-52(7,8)9/h13-18,21-24,35-36,39-42H,19-20,25-34H2,1-12H3,(H,58,71)(H,59,72)(H,60,66)(H,61,67)(H,62,68)(H,63,73)/t36-,39-,40-,41-,42-/m1/s1. The molecule has 2 aromatic carbocycles. The van der Waals surface area contributed by atoms with Crippen molar-refractivity contribution in [3.05, 3.63) is 71.8 Å². The summed E-state index contributed by atoms with van der Waals surface area (Å²) in [5.41, 5.74) is -2.72. The van der Waals surface area contributed by atoms with Crippen LogP contribution in [0.25, 0.3) is 0 Å². The van der Waals surface area contributed by atoms with Crippen LogP contribution in [-0.2, 0) is 51.0 Å². The minimum atomic E-state index is -3.43. The number of benzene rings is 2. The number of hydrogen-bond acceptors (Lipinski definition) is 11. The van der Waals surface area contributed by atoms with E-state index >= 15 is 8.78 Å². The summed E-state index contributed by atoms with van der Waals surface area (Å²) in [5.74, 6) is -7.09. The Bertz CT molecular complexity index is 2310. The van der Waals surface area contributed by atoms with Gasteiger partial charge in [0.15, 0.2) is 0 Å². The van der Waals surface area contributed by atoms with Crippen LogP contribution in [0, 0.1) is 11.3 Å². The van der Waals surface area contributed by atoms with Gasteiger partial charge in [-0.05, 0) is 118 Å². The lowest BCUT2D eigenvalue weighted by atomic mass is 9.68. The smallest absolute Gasteiger partial charge is 0.408 e. The summed E-state index contributed by atoms with van der Waals surface area (Å²) in [6.07, 6.45) is -1.66. The zero-order chi connectivity index (χ0) is 56.8. The maximum atomic E-state index is 16.2. The predicted octanol–water partition coefficient (Wildman–Crippen LogP) is 6.17. The number of unbranched alkanes of at least 4 members (excludes halogenated alkanes) is 1. The minimum Gasteiger partial charge on any atom is -0.444 e. The molecule has 2 heterocycles. The Labute approximate surface area is 446 Å². The molecule has 0 radical (unpaired) electrons. The van der Waals surface area contributed by atoms with Gasteiger partial charge in [0.05, 0.1) is 12.0 Å². The molecule has 1 spiro atoms. The van der Waals surface area contributed by atoms with Gasteiger partial charge in [0.25, 0.3) is 5.92 Å². The molecule has 2 fully saturated rings. The van der Waals surface area contributed by atoms with Crippen LogP contribution in [0.5, 0.6) is 0 Å². The molecule has 0 aliphatic carbocycles. The van der Waals surface area contributed by atoms with Crippen LogP contribution in [0.3, 0.4) is 0 Å². The largest absolute Gasteiger partial charge is 0.444 e. The van der Waals surface area contributed by atoms with Gasteiger partial charge in [0.2, 0.25) is 29.5 Å². The number of nitrogens with one attached hydrogen (secondary N) is 6. The van der Waals surface area contributed by atoms with E-state index in [1.807, 2.05) is 19.9 Å². The Morgan fingerprint density at radius 1 is 0.553 bits per heavy atom. The molecule has 0 aromatic heterocycles. The van der Waals surface area contributed by atoms with Gasteiger partial charge in [0.1, 0.15) is 47.0 Å². The number of likely N-dealkylation sites (tertiary alicyclic amines) is 2. The molecular weight excluding hydrogens is 987 g/mol. The van der Waals surface area contributed by atoms with Crippen molar-refractivity contribution in [3.63, 3.8) is 0 Å². The minimum absolute atomic E-state index is 0.00731. The van der Waals surface area contributed by atoms with E-state index in [2.05, 4.69) is 31.9 Å². The first kappa shape index (κ1) is 62.0. The first-order valence-electron chi connectivity index (χ1n) is 26.2. The topological polar surface area (TPSA) is 243 Å². The van der Waals surface area contributed by atoms with Crippen LogP contribution in [0.4, 0.5) is 23.2 Å². The van der Waals surface area contributed by atoms with Crippen LogP contribution in [-0.4, -0.2) is 143 Å². The van der Waals surface area contributed by atoms with Crippen molar-refractivity contribution >= 4 is 47.8 Å². The zero-order valence-corrected chi connectivity index (χ0v) is 46.4. The molecule has 2 saturated heterocycles. The third-order valence-corrected chi connectivity index (χ3v) is 12.5. The number of alkyl carbamates (subject to hydrolysis) is 3. The van der Waals surface area contributed by atoms with E-state index < -0.39 is 113 Å². The second kappa shape index (κ2) is 26.5. The third kappa shape index (κ3) is 19.9. The maximum Gasteiger partial charge on any atom is 0.408 e. The lowest BCUT2D eigenvalue weighted by Crippen LogP contribution is -2.73. The van der Waals surface area contributed by atoms with Crippen molar-refractivity contribution in [2.24, 2.45) is 11.3 Å². The van der Waals surface area contributed by atoms with Gasteiger partial charge in [-0.15, -0.1) is 0 Å². The number of rotatable bonds is 21. The van der Waals surface area contributed by atoms with Gasteiger partial charge in [-0.25, -0.2) is 23.2 Å². The summed E-state index contributed by atoms with van der Waals surface area (Å²) in [5, 5.41) is 16.1. The van der Waals surface area contributed by atoms with E-state index in [0.29, 0.717) is 18.4 Å². The summed E-state index contributed by atoms with van der Waals surface area (Å²) in [6, 6.07) is 11.8. The molecule has 76 heavy (non-hydrogen) atoms. The fourth-order valence-corrected chi connectivity index (χ4v) is 8.80. The summed E-state index contributed by atoms with van der Waals surface area (Å²) in [7, 11) is 0. The molecule has 21 heteroatoms. The Hall–Kier alpha value is -6.54. The summed E-state index contributed by atoms with van der Waals surface area (Å²) in [6.45, 7) is 18.7. The molecule has 2 aromatic rings. The second-order valence-corrected chi connectivity index (χ2v) is 23.4. The Kier molecular flexibility index (Phi) is 21.6. The van der Waals surface area contributed by atoms with Gasteiger partial charge in [-0.2, -0.15) is 0 Å². The highest BCUT2D eigenvalue weighted by molar-refractivity contribution is 5.95. The highest BCUT2D eigenvalue weighted by Gasteiger charge is 2.64. The van der Waals surface area contributed by atoms with Gasteiger partial charge >= 0.3 is 18.3 Å². The molecule has 422 valence electrons. The first-order chi connectivity index (χ1) is 35.2. The summed E-state index contributed by atoms with van der Waals surface area (Å²) < 4.78 is 48.4. The second-order valence-electron chi connectivity index (χ2n) is 23.4. The van der Waals surface area contributed by atoms with E-state index in [1.54, 1.807) is 117 Å². The fraction of sp³-hybridized carbons (Fsp3) is 0.636. The van der Waals surface area contributed by atoms with Gasteiger partial charge < -0.3 is 55.9 Å². The number of halogens is 2. The Morgan fingerprint density at radius 2 is 1.00 bits per heavy atom. The van der Waals surface area contributed by atoms with Crippen molar-refractivity contribution in [3.8, 4) is 0 Å². The van der Waals surface area contributed by atoms with E-state index in [9.17, 15) is 38.4 Å². The average Bonchev–Trinajstić information content (AvgIpc) is 3.27. The number of alkyl halides is 2. The SMILES string of the molecule is CC(C)C[C@@H](NC(=O)[C@@H](Cc1ccccc1)NC(=O)[C@@H](Cc1ccccc1)NC(=O)OC(C)(C)C)C(=O)N[C@H](CCCCNC(=O)OC(C)(C)C)C(=O)N1CC2(CCN(C(=O)[C@@H](C)NC(=O)OC(C)(C)C)CC2(F)F)C1. The predicted molar refractivity (Wildman–Crippen MR) is 281 cm³/mol. The van der Waals surface area contributed by atoms with Crippen LogP contribution >= 0.6 is 0 Å². The quantitative estimate of drug-likeness (QED) is 0.0610. The highest BCUT2D eigenvalue weighted by atomic mass is 19.3. The number of piperidine rings is 1. The van der Waals surface area contributed by atoms with E-state index in [-0.39, 0.29) is 64.2 Å². The molecule has 4 rings (SSSR count). The Morgan fingerprint density at radius 3 is 1.49 bits per heavy atom.